The van der Waals surface area contributed by atoms with Gasteiger partial charge >= 0.3 is 0 Å². The first-order valence-electron chi connectivity index (χ1n) is 6.18. The monoisotopic (exact) mass is 360 g/mol. The molecule has 0 radical (unpaired) electrons. The van der Waals surface area contributed by atoms with E-state index in [-0.39, 0.29) is 10.6 Å². The van der Waals surface area contributed by atoms with Gasteiger partial charge < -0.3 is 5.32 Å². The summed E-state index contributed by atoms with van der Waals surface area (Å²) >= 11 is 2.14. The number of rotatable bonds is 4. The lowest BCUT2D eigenvalue weighted by molar-refractivity contribution is -0.384. The van der Waals surface area contributed by atoms with Gasteiger partial charge in [0, 0.05) is 27.9 Å². The lowest BCUT2D eigenvalue weighted by Gasteiger charge is -2.24. The Labute approximate surface area is 120 Å². The Morgan fingerprint density at radius 2 is 2.11 bits per heavy atom. The number of nitrogens with one attached hydrogen (secondary N) is 1. The summed E-state index contributed by atoms with van der Waals surface area (Å²) in [7, 11) is 0. The molecule has 1 aromatic rings. The highest BCUT2D eigenvalue weighted by Crippen LogP contribution is 2.37. The molecule has 0 unspecified atom stereocenters. The highest BCUT2D eigenvalue weighted by Gasteiger charge is 2.28. The van der Waals surface area contributed by atoms with Crippen LogP contribution in [0.15, 0.2) is 18.2 Å². The second-order valence-corrected chi connectivity index (χ2v) is 6.45. The molecule has 1 N–H and O–H groups in total. The van der Waals surface area contributed by atoms with Crippen molar-refractivity contribution < 1.29 is 4.92 Å². The standard InChI is InChI=1S/C13H17IN2O2/c1-13(6-2-3-7-13)9-15-12-5-4-10(16(17)18)8-11(12)14/h4-5,8,15H,2-3,6-7,9H2,1H3. The summed E-state index contributed by atoms with van der Waals surface area (Å²) in [4.78, 5) is 10.3. The van der Waals surface area contributed by atoms with Crippen molar-refractivity contribution in [2.24, 2.45) is 5.41 Å². The highest BCUT2D eigenvalue weighted by molar-refractivity contribution is 14.1. The van der Waals surface area contributed by atoms with Crippen LogP contribution in [0.25, 0.3) is 0 Å². The number of benzene rings is 1. The summed E-state index contributed by atoms with van der Waals surface area (Å²) in [6.07, 6.45) is 5.16. The van der Waals surface area contributed by atoms with Crippen LogP contribution in [-0.4, -0.2) is 11.5 Å². The SMILES string of the molecule is CC1(CNc2ccc([N+](=O)[O-])cc2I)CCCC1. The summed E-state index contributed by atoms with van der Waals surface area (Å²) in [5, 5.41) is 14.1. The number of nitro benzene ring substituents is 1. The van der Waals surface area contributed by atoms with Crippen molar-refractivity contribution in [3.8, 4) is 0 Å². The molecule has 1 aliphatic carbocycles. The summed E-state index contributed by atoms with van der Waals surface area (Å²) in [5.41, 5.74) is 1.52. The molecule has 0 saturated heterocycles. The Hall–Kier alpha value is -0.850. The van der Waals surface area contributed by atoms with Gasteiger partial charge in [0.2, 0.25) is 0 Å². The van der Waals surface area contributed by atoms with Gasteiger partial charge in [-0.25, -0.2) is 0 Å². The summed E-state index contributed by atoms with van der Waals surface area (Å²) in [6.45, 7) is 3.26. The van der Waals surface area contributed by atoms with Gasteiger partial charge in [-0.3, -0.25) is 10.1 Å². The Kier molecular flexibility index (Phi) is 4.09. The van der Waals surface area contributed by atoms with Crippen LogP contribution < -0.4 is 5.32 Å². The third-order valence-electron chi connectivity index (χ3n) is 3.68. The summed E-state index contributed by atoms with van der Waals surface area (Å²) in [5.74, 6) is 0. The van der Waals surface area contributed by atoms with Gasteiger partial charge in [-0.2, -0.15) is 0 Å². The molecule has 1 saturated carbocycles. The van der Waals surface area contributed by atoms with Crippen molar-refractivity contribution in [1.29, 1.82) is 0 Å². The molecule has 1 aliphatic rings. The van der Waals surface area contributed by atoms with E-state index >= 15 is 0 Å². The molecule has 5 heteroatoms. The van der Waals surface area contributed by atoms with E-state index in [0.29, 0.717) is 5.41 Å². The predicted molar refractivity (Wildman–Crippen MR) is 80.9 cm³/mol. The summed E-state index contributed by atoms with van der Waals surface area (Å²) < 4.78 is 0.906. The first kappa shape index (κ1) is 13.6. The first-order chi connectivity index (χ1) is 8.50. The molecular weight excluding hydrogens is 343 g/mol. The highest BCUT2D eigenvalue weighted by atomic mass is 127. The van der Waals surface area contributed by atoms with Gasteiger partial charge in [0.05, 0.1) is 4.92 Å². The maximum absolute atomic E-state index is 10.7. The van der Waals surface area contributed by atoms with E-state index in [0.717, 1.165) is 15.8 Å². The lowest BCUT2D eigenvalue weighted by Crippen LogP contribution is -2.23. The third kappa shape index (κ3) is 3.13. The fraction of sp³-hybridized carbons (Fsp3) is 0.538. The van der Waals surface area contributed by atoms with Crippen molar-refractivity contribution in [2.45, 2.75) is 32.6 Å². The predicted octanol–water partition coefficient (Wildman–Crippen LogP) is 4.19. The number of nitro groups is 1. The van der Waals surface area contributed by atoms with Crippen LogP contribution in [0, 0.1) is 19.1 Å². The zero-order valence-corrected chi connectivity index (χ0v) is 12.6. The largest absolute Gasteiger partial charge is 0.384 e. The molecule has 0 atom stereocenters. The number of non-ortho nitro benzene ring substituents is 1. The fourth-order valence-electron chi connectivity index (χ4n) is 2.47. The number of halogens is 1. The van der Waals surface area contributed by atoms with E-state index in [2.05, 4.69) is 34.8 Å². The van der Waals surface area contributed by atoms with E-state index in [1.807, 2.05) is 0 Å². The van der Waals surface area contributed by atoms with Gasteiger partial charge in [0.15, 0.2) is 0 Å². The molecule has 0 aromatic heterocycles. The third-order valence-corrected chi connectivity index (χ3v) is 4.57. The maximum atomic E-state index is 10.7. The normalized spacial score (nSPS) is 17.7. The van der Waals surface area contributed by atoms with Crippen molar-refractivity contribution in [1.82, 2.24) is 0 Å². The molecule has 1 aromatic carbocycles. The molecule has 0 aliphatic heterocycles. The molecule has 4 nitrogen and oxygen atoms in total. The zero-order chi connectivity index (χ0) is 13.2. The zero-order valence-electron chi connectivity index (χ0n) is 10.4. The Bertz CT molecular complexity index is 456. The molecule has 0 spiro atoms. The quantitative estimate of drug-likeness (QED) is 0.498. The van der Waals surface area contributed by atoms with Gasteiger partial charge in [0.1, 0.15) is 0 Å². The number of nitrogens with zero attached hydrogens (tertiary/aromatic N) is 1. The molecule has 2 rings (SSSR count). The minimum absolute atomic E-state index is 0.150. The average molecular weight is 360 g/mol. The molecule has 1 fully saturated rings. The van der Waals surface area contributed by atoms with Crippen molar-refractivity contribution in [3.63, 3.8) is 0 Å². The molecule has 0 amide bonds. The minimum atomic E-state index is -0.357. The van der Waals surface area contributed by atoms with Gasteiger partial charge in [-0.05, 0) is 46.9 Å². The molecular formula is C13H17IN2O2. The van der Waals surface area contributed by atoms with E-state index < -0.39 is 0 Å². The van der Waals surface area contributed by atoms with Crippen LogP contribution in [-0.2, 0) is 0 Å². The Morgan fingerprint density at radius 1 is 1.44 bits per heavy atom. The second kappa shape index (κ2) is 5.42. The Balaban J connectivity index is 2.03. The van der Waals surface area contributed by atoms with Crippen LogP contribution in [0.3, 0.4) is 0 Å². The minimum Gasteiger partial charge on any atom is -0.384 e. The van der Waals surface area contributed by atoms with Crippen LogP contribution in [0.4, 0.5) is 11.4 Å². The first-order valence-corrected chi connectivity index (χ1v) is 7.26. The van der Waals surface area contributed by atoms with Crippen molar-refractivity contribution in [3.05, 3.63) is 31.9 Å². The van der Waals surface area contributed by atoms with Crippen LogP contribution in [0.5, 0.6) is 0 Å². The van der Waals surface area contributed by atoms with E-state index in [1.165, 1.54) is 25.7 Å². The van der Waals surface area contributed by atoms with E-state index in [4.69, 9.17) is 0 Å². The summed E-state index contributed by atoms with van der Waals surface area (Å²) in [6, 6.07) is 4.97. The average Bonchev–Trinajstić information content (AvgIpc) is 2.75. The smallest absolute Gasteiger partial charge is 0.270 e. The fourth-order valence-corrected chi connectivity index (χ4v) is 3.16. The second-order valence-electron chi connectivity index (χ2n) is 5.29. The molecule has 18 heavy (non-hydrogen) atoms. The van der Waals surface area contributed by atoms with Crippen LogP contribution in [0.1, 0.15) is 32.6 Å². The van der Waals surface area contributed by atoms with Crippen molar-refractivity contribution >= 4 is 34.0 Å². The van der Waals surface area contributed by atoms with E-state index in [9.17, 15) is 10.1 Å². The van der Waals surface area contributed by atoms with E-state index in [1.54, 1.807) is 18.2 Å². The Morgan fingerprint density at radius 3 is 2.67 bits per heavy atom. The topological polar surface area (TPSA) is 55.2 Å². The van der Waals surface area contributed by atoms with Gasteiger partial charge in [-0.15, -0.1) is 0 Å². The number of hydrogen-bond acceptors (Lipinski definition) is 3. The molecule has 0 heterocycles. The molecule has 0 bridgehead atoms. The number of hydrogen-bond donors (Lipinski definition) is 1. The van der Waals surface area contributed by atoms with Gasteiger partial charge in [0.25, 0.3) is 5.69 Å². The van der Waals surface area contributed by atoms with Crippen LogP contribution in [0.2, 0.25) is 0 Å². The van der Waals surface area contributed by atoms with Crippen LogP contribution >= 0.6 is 22.6 Å². The maximum Gasteiger partial charge on any atom is 0.270 e. The van der Waals surface area contributed by atoms with Gasteiger partial charge in [-0.1, -0.05) is 19.8 Å². The molecule has 98 valence electrons. The number of anilines is 1. The van der Waals surface area contributed by atoms with Crippen molar-refractivity contribution in [2.75, 3.05) is 11.9 Å². The lowest BCUT2D eigenvalue weighted by atomic mass is 9.89.